The number of carboxylic acid groups (broad SMARTS) is 1. The minimum absolute atomic E-state index is 0.0214. The molecule has 0 unspecified atom stereocenters. The van der Waals surface area contributed by atoms with Crippen LogP contribution in [0.2, 0.25) is 0 Å². The average molecular weight is 879 g/mol. The fourth-order valence-corrected chi connectivity index (χ4v) is 6.27. The summed E-state index contributed by atoms with van der Waals surface area (Å²) in [5.74, 6) is -8.01. The van der Waals surface area contributed by atoms with Gasteiger partial charge in [-0.05, 0) is 62.4 Å². The third-order valence-electron chi connectivity index (χ3n) is 9.51. The van der Waals surface area contributed by atoms with Gasteiger partial charge in [0.05, 0.1) is 18.2 Å². The number of rotatable bonds is 27. The predicted octanol–water partition coefficient (Wildman–Crippen LogP) is -1.36. The maximum absolute atomic E-state index is 13.9. The number of thioether (sulfide) groups is 1. The van der Waals surface area contributed by atoms with E-state index in [1.165, 1.54) is 25.6 Å². The van der Waals surface area contributed by atoms with E-state index in [0.29, 0.717) is 12.2 Å². The summed E-state index contributed by atoms with van der Waals surface area (Å²) in [7, 11) is 0. The molecule has 0 aliphatic rings. The first-order chi connectivity index (χ1) is 27.3. The summed E-state index contributed by atoms with van der Waals surface area (Å²) in [6, 6.07) is -10.1. The van der Waals surface area contributed by atoms with Crippen LogP contribution in [0.5, 0.6) is 0 Å². The molecular weight excluding hydrogens is 809 g/mol. The number of carbonyl (C=O) groups is 8. The standard InChI is InChI=1S/C38H70N8O11S2/c1-12-20(8)28(44-35(53)27(19(6)7)43-37(55)29(21(9)47)45-31(49)23(39)16-58)36(54)42-26(18(4)5)34(52)40-24(13-14-59-11)32(50)41-25(15-17(2)3)33(51)46-30(22(10)48)38(56)57/h17-30,47-48,58H,12-16,39H2,1-11H3,(H,40,52)(H,41,50)(H,42,54)(H,43,55)(H,44,53)(H,45,49)(H,46,51)(H,56,57)/t20-,21+,22+,23-,24-,25-,26-,27-,28-,29-,30-/m0/s1. The molecule has 12 N–H and O–H groups in total. The number of aliphatic carboxylic acids is 1. The van der Waals surface area contributed by atoms with Crippen LogP contribution >= 0.6 is 24.4 Å². The smallest absolute Gasteiger partial charge is 0.328 e. The van der Waals surface area contributed by atoms with E-state index in [9.17, 15) is 53.7 Å². The highest BCUT2D eigenvalue weighted by Crippen LogP contribution is 2.14. The Bertz CT molecular complexity index is 1420. The van der Waals surface area contributed by atoms with E-state index in [4.69, 9.17) is 5.73 Å². The van der Waals surface area contributed by atoms with Crippen molar-refractivity contribution in [1.82, 2.24) is 37.2 Å². The topological polar surface area (TPSA) is 307 Å². The maximum Gasteiger partial charge on any atom is 0.328 e. The van der Waals surface area contributed by atoms with Gasteiger partial charge in [0.15, 0.2) is 6.04 Å². The van der Waals surface area contributed by atoms with E-state index in [1.807, 2.05) is 0 Å². The third-order valence-corrected chi connectivity index (χ3v) is 10.6. The van der Waals surface area contributed by atoms with Crippen LogP contribution in [0.15, 0.2) is 0 Å². The number of aliphatic hydroxyl groups excluding tert-OH is 2. The van der Waals surface area contributed by atoms with Crippen LogP contribution in [0.4, 0.5) is 0 Å². The molecule has 0 saturated heterocycles. The lowest BCUT2D eigenvalue weighted by Gasteiger charge is -2.31. The molecule has 0 aliphatic carbocycles. The number of hydrogen-bond acceptors (Lipinski definition) is 13. The van der Waals surface area contributed by atoms with Crippen LogP contribution in [0.3, 0.4) is 0 Å². The molecule has 0 aromatic heterocycles. The van der Waals surface area contributed by atoms with Gasteiger partial charge >= 0.3 is 5.97 Å². The van der Waals surface area contributed by atoms with Gasteiger partial charge in [0, 0.05) is 5.75 Å². The number of carbonyl (C=O) groups excluding carboxylic acids is 7. The lowest BCUT2D eigenvalue weighted by molar-refractivity contribution is -0.145. The Morgan fingerprint density at radius 1 is 0.576 bits per heavy atom. The van der Waals surface area contributed by atoms with Gasteiger partial charge in [0.2, 0.25) is 41.4 Å². The normalized spacial score (nSPS) is 17.1. The first-order valence-corrected chi connectivity index (χ1v) is 21.9. The molecule has 19 nitrogen and oxygen atoms in total. The van der Waals surface area contributed by atoms with Crippen LogP contribution in [0.25, 0.3) is 0 Å². The van der Waals surface area contributed by atoms with Crippen LogP contribution < -0.4 is 43.0 Å². The first-order valence-electron chi connectivity index (χ1n) is 19.9. The minimum Gasteiger partial charge on any atom is -0.480 e. The van der Waals surface area contributed by atoms with Gasteiger partial charge < -0.3 is 58.3 Å². The van der Waals surface area contributed by atoms with E-state index in [0.717, 1.165) is 0 Å². The molecule has 11 atom stereocenters. The molecule has 0 aliphatic heterocycles. The molecule has 21 heteroatoms. The van der Waals surface area contributed by atoms with Crippen LogP contribution in [-0.2, 0) is 38.4 Å². The fourth-order valence-electron chi connectivity index (χ4n) is 5.63. The quantitative estimate of drug-likeness (QED) is 0.0425. The largest absolute Gasteiger partial charge is 0.480 e. The van der Waals surface area contributed by atoms with Crippen molar-refractivity contribution in [2.45, 2.75) is 149 Å². The number of amides is 7. The second kappa shape index (κ2) is 27.2. The summed E-state index contributed by atoms with van der Waals surface area (Å²) in [6.07, 6.45) is -0.317. The highest BCUT2D eigenvalue weighted by atomic mass is 32.2. The molecular formula is C38H70N8O11S2. The second-order valence-electron chi connectivity index (χ2n) is 15.9. The summed E-state index contributed by atoms with van der Waals surface area (Å²) in [4.78, 5) is 106. The zero-order valence-electron chi connectivity index (χ0n) is 36.2. The van der Waals surface area contributed by atoms with Gasteiger partial charge in [-0.15, -0.1) is 0 Å². The second-order valence-corrected chi connectivity index (χ2v) is 17.3. The van der Waals surface area contributed by atoms with Gasteiger partial charge in [0.1, 0.15) is 36.3 Å². The molecule has 0 saturated carbocycles. The zero-order chi connectivity index (χ0) is 45.9. The Morgan fingerprint density at radius 2 is 0.966 bits per heavy atom. The Morgan fingerprint density at radius 3 is 1.37 bits per heavy atom. The number of thiol groups is 1. The Balaban J connectivity index is 6.33. The molecule has 0 aromatic rings. The highest BCUT2D eigenvalue weighted by molar-refractivity contribution is 7.98. The molecule has 0 heterocycles. The SMILES string of the molecule is CC[C@H](C)[C@H](NC(=O)[C@@H](NC(=O)[C@@H](NC(=O)[C@@H](N)CS)[C@@H](C)O)C(C)C)C(=O)N[C@H](C(=O)N[C@@H](CCSC)C(=O)N[C@@H](CC(C)C)C(=O)N[C@H](C(=O)O)[C@@H](C)O)C(C)C. The fraction of sp³-hybridized carbons (Fsp3) is 0.789. The highest BCUT2D eigenvalue weighted by Gasteiger charge is 2.38. The van der Waals surface area contributed by atoms with Gasteiger partial charge in [-0.3, -0.25) is 33.6 Å². The molecule has 0 aromatic carbocycles. The van der Waals surface area contributed by atoms with Gasteiger partial charge in [0.25, 0.3) is 0 Å². The van der Waals surface area contributed by atoms with Crippen molar-refractivity contribution >= 4 is 71.7 Å². The molecule has 0 rings (SSSR count). The lowest BCUT2D eigenvalue weighted by atomic mass is 9.95. The summed E-state index contributed by atoms with van der Waals surface area (Å²) in [5.41, 5.74) is 5.70. The summed E-state index contributed by atoms with van der Waals surface area (Å²) in [6.45, 7) is 16.2. The van der Waals surface area contributed by atoms with Crippen molar-refractivity contribution in [1.29, 1.82) is 0 Å². The molecule has 340 valence electrons. The van der Waals surface area contributed by atoms with Crippen LogP contribution in [0, 0.1) is 23.7 Å². The molecule has 0 spiro atoms. The number of nitrogens with one attached hydrogen (secondary N) is 7. The summed E-state index contributed by atoms with van der Waals surface area (Å²) < 4.78 is 0. The average Bonchev–Trinajstić information content (AvgIpc) is 3.14. The van der Waals surface area contributed by atoms with Crippen molar-refractivity contribution in [3.63, 3.8) is 0 Å². The van der Waals surface area contributed by atoms with E-state index in [-0.39, 0.29) is 24.5 Å². The van der Waals surface area contributed by atoms with Crippen molar-refractivity contribution < 1.29 is 53.7 Å². The molecule has 0 radical (unpaired) electrons. The third kappa shape index (κ3) is 19.1. The van der Waals surface area contributed by atoms with E-state index in [2.05, 4.69) is 49.8 Å². The lowest BCUT2D eigenvalue weighted by Crippen LogP contribution is -2.63. The van der Waals surface area contributed by atoms with E-state index >= 15 is 0 Å². The van der Waals surface area contributed by atoms with Crippen molar-refractivity contribution in [2.75, 3.05) is 17.8 Å². The number of aliphatic hydroxyl groups is 2. The van der Waals surface area contributed by atoms with Gasteiger partial charge in [-0.25, -0.2) is 4.79 Å². The van der Waals surface area contributed by atoms with Gasteiger partial charge in [-0.1, -0.05) is 61.8 Å². The minimum atomic E-state index is -1.62. The summed E-state index contributed by atoms with van der Waals surface area (Å²) in [5, 5.41) is 47.5. The molecule has 59 heavy (non-hydrogen) atoms. The number of hydrogen-bond donors (Lipinski definition) is 12. The Hall–Kier alpha value is -3.66. The number of nitrogens with two attached hydrogens (primary N) is 1. The molecule has 0 bridgehead atoms. The monoisotopic (exact) mass is 878 g/mol. The molecule has 0 fully saturated rings. The maximum atomic E-state index is 13.9. The zero-order valence-corrected chi connectivity index (χ0v) is 37.9. The van der Waals surface area contributed by atoms with Crippen LogP contribution in [0.1, 0.15) is 88.5 Å². The Labute approximate surface area is 357 Å². The molecule has 7 amide bonds. The predicted molar refractivity (Wildman–Crippen MR) is 228 cm³/mol. The van der Waals surface area contributed by atoms with Gasteiger partial charge in [-0.2, -0.15) is 24.4 Å². The van der Waals surface area contributed by atoms with Crippen LogP contribution in [-0.4, -0.2) is 141 Å². The number of carboxylic acids is 1. The first kappa shape index (κ1) is 55.3. The summed E-state index contributed by atoms with van der Waals surface area (Å²) >= 11 is 5.38. The van der Waals surface area contributed by atoms with Crippen molar-refractivity contribution in [3.05, 3.63) is 0 Å². The van der Waals surface area contributed by atoms with Crippen molar-refractivity contribution in [3.8, 4) is 0 Å². The van der Waals surface area contributed by atoms with E-state index < -0.39 is 126 Å². The Kier molecular flexibility index (Phi) is 25.5. The van der Waals surface area contributed by atoms with E-state index in [1.54, 1.807) is 61.6 Å². The van der Waals surface area contributed by atoms with Crippen molar-refractivity contribution in [2.24, 2.45) is 29.4 Å².